The summed E-state index contributed by atoms with van der Waals surface area (Å²) < 4.78 is 5.57. The Balaban J connectivity index is 2.41. The van der Waals surface area contributed by atoms with E-state index in [2.05, 4.69) is 26.1 Å². The third-order valence-corrected chi connectivity index (χ3v) is 2.97. The Kier molecular flexibility index (Phi) is 6.06. The second-order valence-corrected chi connectivity index (χ2v) is 6.33. The van der Waals surface area contributed by atoms with Crippen LogP contribution in [0.2, 0.25) is 15.1 Å². The van der Waals surface area contributed by atoms with E-state index in [1.165, 1.54) is 0 Å². The molecule has 0 aliphatic rings. The van der Waals surface area contributed by atoms with E-state index in [4.69, 9.17) is 39.5 Å². The number of benzene rings is 1. The van der Waals surface area contributed by atoms with E-state index in [1.807, 2.05) is 0 Å². The van der Waals surface area contributed by atoms with Crippen LogP contribution in [0.25, 0.3) is 0 Å². The first kappa shape index (κ1) is 15.9. The van der Waals surface area contributed by atoms with E-state index in [-0.39, 0.29) is 5.54 Å². The van der Waals surface area contributed by atoms with Gasteiger partial charge in [-0.15, -0.1) is 0 Å². The Bertz CT molecular complexity index is 379. The van der Waals surface area contributed by atoms with Gasteiger partial charge in [0.1, 0.15) is 0 Å². The molecule has 0 atom stereocenters. The summed E-state index contributed by atoms with van der Waals surface area (Å²) in [5.41, 5.74) is 0.121. The molecule has 0 saturated heterocycles. The summed E-state index contributed by atoms with van der Waals surface area (Å²) in [6, 6.07) is 3.25. The number of rotatable bonds is 5. The highest BCUT2D eigenvalue weighted by Crippen LogP contribution is 2.35. The van der Waals surface area contributed by atoms with E-state index in [9.17, 15) is 0 Å². The SMILES string of the molecule is CC(C)(C)NCCCOc1c(Cl)cc(Cl)cc1Cl. The molecular formula is C13H18Cl3NO. The zero-order valence-electron chi connectivity index (χ0n) is 10.8. The maximum Gasteiger partial charge on any atom is 0.156 e. The molecule has 0 spiro atoms. The van der Waals surface area contributed by atoms with Crippen LogP contribution in [-0.2, 0) is 0 Å². The lowest BCUT2D eigenvalue weighted by Gasteiger charge is -2.20. The van der Waals surface area contributed by atoms with Gasteiger partial charge >= 0.3 is 0 Å². The van der Waals surface area contributed by atoms with Gasteiger partial charge < -0.3 is 10.1 Å². The van der Waals surface area contributed by atoms with E-state index in [1.54, 1.807) is 12.1 Å². The molecule has 18 heavy (non-hydrogen) atoms. The van der Waals surface area contributed by atoms with Crippen LogP contribution in [-0.4, -0.2) is 18.7 Å². The fraction of sp³-hybridized carbons (Fsp3) is 0.538. The first-order chi connectivity index (χ1) is 8.29. The lowest BCUT2D eigenvalue weighted by atomic mass is 10.1. The topological polar surface area (TPSA) is 21.3 Å². The van der Waals surface area contributed by atoms with Gasteiger partial charge in [-0.05, 0) is 45.9 Å². The molecule has 1 aromatic carbocycles. The average Bonchev–Trinajstić information content (AvgIpc) is 2.19. The van der Waals surface area contributed by atoms with E-state index in [0.29, 0.717) is 27.4 Å². The zero-order chi connectivity index (χ0) is 13.8. The summed E-state index contributed by atoms with van der Waals surface area (Å²) in [6.07, 6.45) is 0.882. The van der Waals surface area contributed by atoms with Crippen LogP contribution in [0.4, 0.5) is 0 Å². The summed E-state index contributed by atoms with van der Waals surface area (Å²) in [5.74, 6) is 0.499. The summed E-state index contributed by atoms with van der Waals surface area (Å²) in [6.45, 7) is 7.82. The standard InChI is InChI=1S/C13H18Cl3NO/c1-13(2,3)17-5-4-6-18-12-10(15)7-9(14)8-11(12)16/h7-8,17H,4-6H2,1-3H3. The minimum atomic E-state index is 0.121. The molecule has 2 nitrogen and oxygen atoms in total. The quantitative estimate of drug-likeness (QED) is 0.788. The largest absolute Gasteiger partial charge is 0.490 e. The van der Waals surface area contributed by atoms with Gasteiger partial charge in [0.2, 0.25) is 0 Å². The Morgan fingerprint density at radius 2 is 1.67 bits per heavy atom. The molecule has 5 heteroatoms. The molecule has 0 aliphatic heterocycles. The maximum atomic E-state index is 6.01. The summed E-state index contributed by atoms with van der Waals surface area (Å²) in [4.78, 5) is 0. The molecule has 0 aromatic heterocycles. The van der Waals surface area contributed by atoms with Crippen LogP contribution < -0.4 is 10.1 Å². The lowest BCUT2D eigenvalue weighted by Crippen LogP contribution is -2.36. The monoisotopic (exact) mass is 309 g/mol. The molecule has 1 rings (SSSR count). The first-order valence-corrected chi connectivity index (χ1v) is 6.95. The van der Waals surface area contributed by atoms with E-state index >= 15 is 0 Å². The van der Waals surface area contributed by atoms with Crippen molar-refractivity contribution in [2.24, 2.45) is 0 Å². The number of hydrogen-bond acceptors (Lipinski definition) is 2. The summed E-state index contributed by atoms with van der Waals surface area (Å²) in [5, 5.41) is 4.77. The van der Waals surface area contributed by atoms with Crippen molar-refractivity contribution in [3.63, 3.8) is 0 Å². The second kappa shape index (κ2) is 6.85. The van der Waals surface area contributed by atoms with Gasteiger partial charge in [-0.25, -0.2) is 0 Å². The molecule has 0 saturated carbocycles. The second-order valence-electron chi connectivity index (χ2n) is 5.08. The molecule has 0 aliphatic carbocycles. The molecule has 0 unspecified atom stereocenters. The molecule has 1 aromatic rings. The molecule has 0 amide bonds. The Morgan fingerprint density at radius 1 is 1.11 bits per heavy atom. The number of nitrogens with one attached hydrogen (secondary N) is 1. The normalized spacial score (nSPS) is 11.7. The van der Waals surface area contributed by atoms with Crippen molar-refractivity contribution in [3.05, 3.63) is 27.2 Å². The number of ether oxygens (including phenoxy) is 1. The van der Waals surface area contributed by atoms with Crippen molar-refractivity contribution in [1.29, 1.82) is 0 Å². The highest BCUT2D eigenvalue weighted by Gasteiger charge is 2.10. The van der Waals surface area contributed by atoms with Crippen molar-refractivity contribution in [2.75, 3.05) is 13.2 Å². The minimum Gasteiger partial charge on any atom is -0.490 e. The van der Waals surface area contributed by atoms with Gasteiger partial charge in [-0.3, -0.25) is 0 Å². The van der Waals surface area contributed by atoms with Crippen LogP contribution in [0.15, 0.2) is 12.1 Å². The third-order valence-electron chi connectivity index (χ3n) is 2.19. The van der Waals surface area contributed by atoms with Gasteiger partial charge in [0.25, 0.3) is 0 Å². The van der Waals surface area contributed by atoms with Crippen molar-refractivity contribution in [1.82, 2.24) is 5.32 Å². The fourth-order valence-electron chi connectivity index (χ4n) is 1.38. The molecule has 1 N–H and O–H groups in total. The van der Waals surface area contributed by atoms with Crippen molar-refractivity contribution in [2.45, 2.75) is 32.7 Å². The Hall–Kier alpha value is -0.150. The van der Waals surface area contributed by atoms with E-state index in [0.717, 1.165) is 13.0 Å². The number of halogens is 3. The molecular weight excluding hydrogens is 293 g/mol. The van der Waals surface area contributed by atoms with Crippen LogP contribution in [0.5, 0.6) is 5.75 Å². The summed E-state index contributed by atoms with van der Waals surface area (Å²) in [7, 11) is 0. The highest BCUT2D eigenvalue weighted by molar-refractivity contribution is 6.40. The molecule has 0 radical (unpaired) electrons. The van der Waals surface area contributed by atoms with Gasteiger partial charge in [0.15, 0.2) is 5.75 Å². The molecule has 102 valence electrons. The smallest absolute Gasteiger partial charge is 0.156 e. The average molecular weight is 311 g/mol. The number of hydrogen-bond donors (Lipinski definition) is 1. The molecule has 0 fully saturated rings. The van der Waals surface area contributed by atoms with Crippen LogP contribution in [0, 0.1) is 0 Å². The van der Waals surface area contributed by atoms with Crippen molar-refractivity contribution in [3.8, 4) is 5.75 Å². The minimum absolute atomic E-state index is 0.121. The predicted molar refractivity (Wildman–Crippen MR) is 79.3 cm³/mol. The lowest BCUT2D eigenvalue weighted by molar-refractivity contribution is 0.298. The zero-order valence-corrected chi connectivity index (χ0v) is 13.1. The molecule has 0 heterocycles. The van der Waals surface area contributed by atoms with Crippen molar-refractivity contribution < 1.29 is 4.74 Å². The van der Waals surface area contributed by atoms with Gasteiger partial charge in [0.05, 0.1) is 16.7 Å². The Morgan fingerprint density at radius 3 is 2.17 bits per heavy atom. The van der Waals surface area contributed by atoms with Crippen LogP contribution in [0.3, 0.4) is 0 Å². The summed E-state index contributed by atoms with van der Waals surface area (Å²) >= 11 is 17.8. The third kappa shape index (κ3) is 5.66. The van der Waals surface area contributed by atoms with Crippen LogP contribution >= 0.6 is 34.8 Å². The maximum absolute atomic E-state index is 6.01. The first-order valence-electron chi connectivity index (χ1n) is 5.82. The van der Waals surface area contributed by atoms with Gasteiger partial charge in [-0.1, -0.05) is 34.8 Å². The van der Waals surface area contributed by atoms with Gasteiger partial charge in [0, 0.05) is 10.6 Å². The Labute approximate surface area is 124 Å². The highest BCUT2D eigenvalue weighted by atomic mass is 35.5. The van der Waals surface area contributed by atoms with Crippen molar-refractivity contribution >= 4 is 34.8 Å². The molecule has 0 bridgehead atoms. The van der Waals surface area contributed by atoms with Crippen LogP contribution in [0.1, 0.15) is 27.2 Å². The van der Waals surface area contributed by atoms with Gasteiger partial charge in [-0.2, -0.15) is 0 Å². The predicted octanol–water partition coefficient (Wildman–Crippen LogP) is 4.80. The fourth-order valence-corrected chi connectivity index (χ4v) is 2.30. The van der Waals surface area contributed by atoms with E-state index < -0.39 is 0 Å².